The molecule has 28 heavy (non-hydrogen) atoms. The van der Waals surface area contributed by atoms with Gasteiger partial charge in [0.25, 0.3) is 0 Å². The molecule has 0 saturated carbocycles. The quantitative estimate of drug-likeness (QED) is 0.787. The normalized spacial score (nSPS) is 14.8. The Kier molecular flexibility index (Phi) is 6.34. The van der Waals surface area contributed by atoms with Crippen molar-refractivity contribution in [3.05, 3.63) is 65.5 Å². The van der Waals surface area contributed by atoms with Crippen LogP contribution in [-0.4, -0.2) is 29.8 Å². The van der Waals surface area contributed by atoms with E-state index in [1.807, 2.05) is 30.3 Å². The Hall–Kier alpha value is -2.83. The number of likely N-dealkylation sites (tertiary alicyclic amines) is 1. The van der Waals surface area contributed by atoms with Crippen LogP contribution < -0.4 is 5.32 Å². The zero-order valence-corrected chi connectivity index (χ0v) is 15.3. The lowest BCUT2D eigenvalue weighted by molar-refractivity contribution is -0.134. The molecule has 0 unspecified atom stereocenters. The molecule has 1 aliphatic rings. The molecule has 0 aliphatic carbocycles. The van der Waals surface area contributed by atoms with Crippen molar-refractivity contribution in [1.29, 1.82) is 0 Å². The van der Waals surface area contributed by atoms with E-state index in [-0.39, 0.29) is 11.6 Å². The number of halogens is 3. The van der Waals surface area contributed by atoms with Gasteiger partial charge in [-0.2, -0.15) is 0 Å². The van der Waals surface area contributed by atoms with Crippen LogP contribution in [0, 0.1) is 23.4 Å². The zero-order valence-electron chi connectivity index (χ0n) is 15.3. The smallest absolute Gasteiger partial charge is 0.227 e. The second kappa shape index (κ2) is 8.91. The first-order chi connectivity index (χ1) is 13.5. The second-order valence-corrected chi connectivity index (χ2v) is 6.85. The lowest BCUT2D eigenvalue weighted by atomic mass is 9.95. The van der Waals surface area contributed by atoms with Crippen molar-refractivity contribution in [2.24, 2.45) is 5.92 Å². The molecule has 0 aromatic heterocycles. The van der Waals surface area contributed by atoms with Crippen molar-refractivity contribution in [2.75, 3.05) is 18.4 Å². The van der Waals surface area contributed by atoms with Crippen LogP contribution in [-0.2, 0) is 16.0 Å². The Labute approximate surface area is 161 Å². The number of benzene rings is 2. The monoisotopic (exact) mass is 390 g/mol. The molecule has 0 spiro atoms. The average Bonchev–Trinajstić information content (AvgIpc) is 2.73. The fourth-order valence-electron chi connectivity index (χ4n) is 3.30. The summed E-state index contributed by atoms with van der Waals surface area (Å²) >= 11 is 0. The SMILES string of the molecule is O=C(Nc1ccc(F)c(F)c1F)C1CCN(C(=O)CCc2ccccc2)CC1. The minimum atomic E-state index is -1.61. The Morgan fingerprint density at radius 3 is 2.32 bits per heavy atom. The third-order valence-corrected chi connectivity index (χ3v) is 4.98. The van der Waals surface area contributed by atoms with Crippen molar-refractivity contribution in [2.45, 2.75) is 25.7 Å². The largest absolute Gasteiger partial charge is 0.343 e. The molecule has 1 heterocycles. The standard InChI is InChI=1S/C21H21F3N2O2/c22-16-7-8-17(20(24)19(16)23)25-21(28)15-10-12-26(13-11-15)18(27)9-6-14-4-2-1-3-5-14/h1-5,7-8,15H,6,9-13H2,(H,25,28). The molecule has 1 aliphatic heterocycles. The van der Waals surface area contributed by atoms with Crippen molar-refractivity contribution >= 4 is 17.5 Å². The number of piperidine rings is 1. The van der Waals surface area contributed by atoms with Gasteiger partial charge in [-0.05, 0) is 37.0 Å². The van der Waals surface area contributed by atoms with Crippen molar-refractivity contribution in [1.82, 2.24) is 4.90 Å². The van der Waals surface area contributed by atoms with Crippen LogP contribution in [0.4, 0.5) is 18.9 Å². The molecular formula is C21H21F3N2O2. The van der Waals surface area contributed by atoms with E-state index in [9.17, 15) is 22.8 Å². The molecule has 1 saturated heterocycles. The lowest BCUT2D eigenvalue weighted by Gasteiger charge is -2.31. The molecule has 2 aromatic rings. The molecule has 0 atom stereocenters. The molecule has 3 rings (SSSR count). The third kappa shape index (κ3) is 4.71. The van der Waals surface area contributed by atoms with Gasteiger partial charge in [0.05, 0.1) is 5.69 Å². The van der Waals surface area contributed by atoms with Crippen LogP contribution in [0.15, 0.2) is 42.5 Å². The van der Waals surface area contributed by atoms with Crippen molar-refractivity contribution in [3.63, 3.8) is 0 Å². The summed E-state index contributed by atoms with van der Waals surface area (Å²) in [5.41, 5.74) is 0.712. The van der Waals surface area contributed by atoms with E-state index >= 15 is 0 Å². The van der Waals surface area contributed by atoms with Gasteiger partial charge in [-0.1, -0.05) is 30.3 Å². The number of nitrogens with one attached hydrogen (secondary N) is 1. The maximum Gasteiger partial charge on any atom is 0.227 e. The Bertz CT molecular complexity index is 850. The first-order valence-corrected chi connectivity index (χ1v) is 9.21. The molecule has 0 radical (unpaired) electrons. The summed E-state index contributed by atoms with van der Waals surface area (Å²) in [6.45, 7) is 0.873. The molecule has 1 N–H and O–H groups in total. The highest BCUT2D eigenvalue weighted by molar-refractivity contribution is 5.92. The maximum absolute atomic E-state index is 13.7. The van der Waals surface area contributed by atoms with E-state index in [1.54, 1.807) is 4.90 Å². The fourth-order valence-corrected chi connectivity index (χ4v) is 3.30. The summed E-state index contributed by atoms with van der Waals surface area (Å²) in [7, 11) is 0. The van der Waals surface area contributed by atoms with E-state index in [0.717, 1.165) is 17.7 Å². The van der Waals surface area contributed by atoms with E-state index < -0.39 is 29.3 Å². The minimum absolute atomic E-state index is 0.0364. The topological polar surface area (TPSA) is 49.4 Å². The molecule has 7 heteroatoms. The van der Waals surface area contributed by atoms with Crippen molar-refractivity contribution in [3.8, 4) is 0 Å². The minimum Gasteiger partial charge on any atom is -0.343 e. The summed E-state index contributed by atoms with van der Waals surface area (Å²) in [4.78, 5) is 26.4. The highest BCUT2D eigenvalue weighted by atomic mass is 19.2. The average molecular weight is 390 g/mol. The molecule has 2 amide bonds. The molecule has 1 fully saturated rings. The third-order valence-electron chi connectivity index (χ3n) is 4.98. The second-order valence-electron chi connectivity index (χ2n) is 6.85. The van der Waals surface area contributed by atoms with E-state index in [0.29, 0.717) is 38.8 Å². The van der Waals surface area contributed by atoms with Crippen LogP contribution >= 0.6 is 0 Å². The lowest BCUT2D eigenvalue weighted by Crippen LogP contribution is -2.41. The van der Waals surface area contributed by atoms with Gasteiger partial charge in [0, 0.05) is 25.4 Å². The summed E-state index contributed by atoms with van der Waals surface area (Å²) in [5, 5.41) is 2.31. The highest BCUT2D eigenvalue weighted by Gasteiger charge is 2.28. The van der Waals surface area contributed by atoms with Gasteiger partial charge in [0.2, 0.25) is 11.8 Å². The summed E-state index contributed by atoms with van der Waals surface area (Å²) in [6, 6.07) is 11.5. The first kappa shape index (κ1) is 19.9. The van der Waals surface area contributed by atoms with E-state index in [4.69, 9.17) is 0 Å². The molecule has 0 bridgehead atoms. The Morgan fingerprint density at radius 1 is 0.964 bits per heavy atom. The number of rotatable bonds is 5. The predicted molar refractivity (Wildman–Crippen MR) is 99.0 cm³/mol. The van der Waals surface area contributed by atoms with E-state index in [2.05, 4.69) is 5.32 Å². The van der Waals surface area contributed by atoms with Crippen LogP contribution in [0.25, 0.3) is 0 Å². The Balaban J connectivity index is 1.48. The van der Waals surface area contributed by atoms with Gasteiger partial charge in [-0.3, -0.25) is 9.59 Å². The number of aryl methyl sites for hydroxylation is 1. The molecule has 148 valence electrons. The van der Waals surface area contributed by atoms with Gasteiger partial charge < -0.3 is 10.2 Å². The van der Waals surface area contributed by atoms with Crippen LogP contribution in [0.1, 0.15) is 24.8 Å². The number of anilines is 1. The Morgan fingerprint density at radius 2 is 1.64 bits per heavy atom. The molecular weight excluding hydrogens is 369 g/mol. The van der Waals surface area contributed by atoms with Gasteiger partial charge in [-0.15, -0.1) is 0 Å². The summed E-state index contributed by atoms with van der Waals surface area (Å²) in [5.74, 6) is -5.17. The fraction of sp³-hybridized carbons (Fsp3) is 0.333. The zero-order chi connectivity index (χ0) is 20.1. The number of amides is 2. The molecule has 2 aromatic carbocycles. The summed E-state index contributed by atoms with van der Waals surface area (Å²) < 4.78 is 40.0. The highest BCUT2D eigenvalue weighted by Crippen LogP contribution is 2.23. The van der Waals surface area contributed by atoms with Gasteiger partial charge in [-0.25, -0.2) is 13.2 Å². The summed E-state index contributed by atoms with van der Waals surface area (Å²) in [6.07, 6.45) is 1.94. The van der Waals surface area contributed by atoms with Gasteiger partial charge in [0.1, 0.15) is 0 Å². The molecule has 4 nitrogen and oxygen atoms in total. The van der Waals surface area contributed by atoms with Crippen LogP contribution in [0.5, 0.6) is 0 Å². The van der Waals surface area contributed by atoms with Gasteiger partial charge in [0.15, 0.2) is 17.5 Å². The van der Waals surface area contributed by atoms with Crippen LogP contribution in [0.3, 0.4) is 0 Å². The number of nitrogens with zero attached hydrogens (tertiary/aromatic N) is 1. The van der Waals surface area contributed by atoms with Gasteiger partial charge >= 0.3 is 0 Å². The predicted octanol–water partition coefficient (Wildman–Crippen LogP) is 3.91. The number of carbonyl (C=O) groups is 2. The van der Waals surface area contributed by atoms with E-state index in [1.165, 1.54) is 0 Å². The number of carbonyl (C=O) groups excluding carboxylic acids is 2. The van der Waals surface area contributed by atoms with Crippen LogP contribution in [0.2, 0.25) is 0 Å². The maximum atomic E-state index is 13.7. The van der Waals surface area contributed by atoms with Crippen molar-refractivity contribution < 1.29 is 22.8 Å². The number of hydrogen-bond acceptors (Lipinski definition) is 2. The number of hydrogen-bond donors (Lipinski definition) is 1. The first-order valence-electron chi connectivity index (χ1n) is 9.21.